The summed E-state index contributed by atoms with van der Waals surface area (Å²) in [4.78, 5) is 22.8. The van der Waals surface area contributed by atoms with Crippen molar-refractivity contribution in [3.63, 3.8) is 0 Å². The molecule has 7 nitrogen and oxygen atoms in total. The predicted octanol–water partition coefficient (Wildman–Crippen LogP) is 0.698. The van der Waals surface area contributed by atoms with Gasteiger partial charge in [0.1, 0.15) is 0 Å². The van der Waals surface area contributed by atoms with Gasteiger partial charge in [0.15, 0.2) is 0 Å². The zero-order valence-corrected chi connectivity index (χ0v) is 7.32. The van der Waals surface area contributed by atoms with Gasteiger partial charge in [-0.05, 0) is 6.07 Å². The maximum Gasteiger partial charge on any atom is 0.419 e. The molecule has 0 aliphatic carbocycles. The summed E-state index contributed by atoms with van der Waals surface area (Å²) < 4.78 is 0. The highest BCUT2D eigenvalue weighted by Crippen LogP contribution is 2.13. The molecule has 0 saturated heterocycles. The number of carboxylic acids is 1. The second kappa shape index (κ2) is 4.12. The minimum absolute atomic E-state index is 0.0285. The molecule has 0 unspecified atom stereocenters. The van der Waals surface area contributed by atoms with Gasteiger partial charge in [-0.3, -0.25) is 10.1 Å². The van der Waals surface area contributed by atoms with E-state index in [-0.39, 0.29) is 11.3 Å². The van der Waals surface area contributed by atoms with Crippen molar-refractivity contribution in [2.45, 2.75) is 0 Å². The molecule has 0 aliphatic rings. The van der Waals surface area contributed by atoms with E-state index in [1.807, 2.05) is 0 Å². The van der Waals surface area contributed by atoms with Crippen LogP contribution in [0.15, 0.2) is 24.3 Å². The number of carbonyl (C=O) groups is 1. The van der Waals surface area contributed by atoms with Crippen LogP contribution in [0, 0.1) is 10.1 Å². The molecule has 0 spiro atoms. The fraction of sp³-hybridized carbons (Fsp3) is 0. The van der Waals surface area contributed by atoms with E-state index in [4.69, 9.17) is 10.6 Å². The van der Waals surface area contributed by atoms with E-state index in [0.29, 0.717) is 0 Å². The van der Waals surface area contributed by atoms with Crippen molar-refractivity contribution in [2.75, 3.05) is 0 Å². The Labute approximate surface area is 83.4 Å². The van der Waals surface area contributed by atoms with Crippen molar-refractivity contribution in [3.05, 3.63) is 45.5 Å². The summed E-state index contributed by atoms with van der Waals surface area (Å²) in [5, 5.41) is 19.0. The van der Waals surface area contributed by atoms with E-state index in [1.165, 1.54) is 18.2 Å². The SMILES string of the molecule is [N-]=[N+]=C(C(=O)O)c1cccc([N+](=O)[O-])c1. The number of rotatable bonds is 3. The number of hydrogen-bond donors (Lipinski definition) is 1. The molecule has 0 fully saturated rings. The highest BCUT2D eigenvalue weighted by atomic mass is 16.6. The van der Waals surface area contributed by atoms with Crippen LogP contribution >= 0.6 is 0 Å². The first-order valence-corrected chi connectivity index (χ1v) is 3.76. The molecule has 1 N–H and O–H groups in total. The molecule has 0 bridgehead atoms. The molecule has 0 aliphatic heterocycles. The number of hydrogen-bond acceptors (Lipinski definition) is 3. The van der Waals surface area contributed by atoms with Crippen LogP contribution in [-0.2, 0) is 4.79 Å². The van der Waals surface area contributed by atoms with Crippen LogP contribution in [0.1, 0.15) is 5.56 Å². The minimum Gasteiger partial charge on any atom is -0.472 e. The Kier molecular flexibility index (Phi) is 2.90. The third-order valence-corrected chi connectivity index (χ3v) is 1.63. The monoisotopic (exact) mass is 207 g/mol. The molecule has 76 valence electrons. The molecule has 1 rings (SSSR count). The molecular weight excluding hydrogens is 202 g/mol. The molecule has 0 radical (unpaired) electrons. The summed E-state index contributed by atoms with van der Waals surface area (Å²) >= 11 is 0. The Bertz CT molecular complexity index is 477. The summed E-state index contributed by atoms with van der Waals surface area (Å²) in [5.41, 5.74) is 7.48. The van der Waals surface area contributed by atoms with Gasteiger partial charge in [-0.15, -0.1) is 0 Å². The number of nitro groups is 1. The van der Waals surface area contributed by atoms with Gasteiger partial charge in [-0.25, -0.2) is 4.79 Å². The summed E-state index contributed by atoms with van der Waals surface area (Å²) in [5.74, 6) is -1.46. The summed E-state index contributed by atoms with van der Waals surface area (Å²) in [7, 11) is 0. The first-order chi connectivity index (χ1) is 7.06. The van der Waals surface area contributed by atoms with Gasteiger partial charge in [-0.1, -0.05) is 6.07 Å². The Morgan fingerprint density at radius 3 is 2.67 bits per heavy atom. The quantitative estimate of drug-likeness (QED) is 0.258. The lowest BCUT2D eigenvalue weighted by molar-refractivity contribution is -0.384. The van der Waals surface area contributed by atoms with Gasteiger partial charge in [0.2, 0.25) is 0 Å². The third-order valence-electron chi connectivity index (χ3n) is 1.63. The van der Waals surface area contributed by atoms with E-state index < -0.39 is 16.6 Å². The second-order valence-electron chi connectivity index (χ2n) is 2.56. The zero-order chi connectivity index (χ0) is 11.4. The van der Waals surface area contributed by atoms with Gasteiger partial charge < -0.3 is 10.6 Å². The number of benzene rings is 1. The van der Waals surface area contributed by atoms with E-state index >= 15 is 0 Å². The molecule has 0 heterocycles. The zero-order valence-electron chi connectivity index (χ0n) is 7.32. The maximum absolute atomic E-state index is 10.6. The Hall–Kier alpha value is -2.53. The molecule has 0 aromatic heterocycles. The number of carboxylic acid groups (broad SMARTS) is 1. The summed E-state index contributed by atoms with van der Waals surface area (Å²) in [6.07, 6.45) is 0. The van der Waals surface area contributed by atoms with E-state index in [0.717, 1.165) is 6.07 Å². The third kappa shape index (κ3) is 2.23. The molecule has 1 aromatic carbocycles. The van der Waals surface area contributed by atoms with E-state index in [9.17, 15) is 14.9 Å². The lowest BCUT2D eigenvalue weighted by Crippen LogP contribution is -2.15. The van der Waals surface area contributed by atoms with E-state index in [2.05, 4.69) is 4.79 Å². The van der Waals surface area contributed by atoms with Crippen LogP contribution in [0.2, 0.25) is 0 Å². The van der Waals surface area contributed by atoms with Gasteiger partial charge >= 0.3 is 11.7 Å². The number of nitro benzene ring substituents is 1. The summed E-state index contributed by atoms with van der Waals surface area (Å²) in [6.45, 7) is 0. The predicted molar refractivity (Wildman–Crippen MR) is 48.5 cm³/mol. The van der Waals surface area contributed by atoms with Gasteiger partial charge in [0, 0.05) is 12.1 Å². The van der Waals surface area contributed by atoms with Crippen molar-refractivity contribution >= 4 is 17.4 Å². The number of aliphatic carboxylic acids is 1. The van der Waals surface area contributed by atoms with Crippen LogP contribution in [-0.4, -0.2) is 26.5 Å². The molecule has 0 atom stereocenters. The average Bonchev–Trinajstić information content (AvgIpc) is 2.18. The molecule has 15 heavy (non-hydrogen) atoms. The number of nitrogens with zero attached hydrogens (tertiary/aromatic N) is 3. The standard InChI is InChI=1S/C8H5N3O4/c9-10-7(8(12)13)5-2-1-3-6(4-5)11(14)15/h1-4H,(H,12,13). The van der Waals surface area contributed by atoms with Crippen LogP contribution in [0.3, 0.4) is 0 Å². The van der Waals surface area contributed by atoms with Crippen molar-refractivity contribution in [1.82, 2.24) is 0 Å². The lowest BCUT2D eigenvalue weighted by Gasteiger charge is -1.92. The minimum atomic E-state index is -1.46. The van der Waals surface area contributed by atoms with Crippen LogP contribution in [0.5, 0.6) is 0 Å². The molecule has 0 amide bonds. The number of non-ortho nitro benzene ring substituents is 1. The topological polar surface area (TPSA) is 117 Å². The molecular formula is C8H5N3O4. The van der Waals surface area contributed by atoms with E-state index in [1.54, 1.807) is 0 Å². The molecule has 0 saturated carbocycles. The Balaban J connectivity index is 3.27. The largest absolute Gasteiger partial charge is 0.472 e. The second-order valence-corrected chi connectivity index (χ2v) is 2.56. The van der Waals surface area contributed by atoms with Crippen LogP contribution < -0.4 is 0 Å². The smallest absolute Gasteiger partial charge is 0.419 e. The van der Waals surface area contributed by atoms with Crippen molar-refractivity contribution < 1.29 is 19.6 Å². The van der Waals surface area contributed by atoms with Gasteiger partial charge in [0.05, 0.1) is 10.5 Å². The highest BCUT2D eigenvalue weighted by molar-refractivity contribution is 6.40. The van der Waals surface area contributed by atoms with Crippen molar-refractivity contribution in [1.29, 1.82) is 0 Å². The maximum atomic E-state index is 10.6. The van der Waals surface area contributed by atoms with Crippen molar-refractivity contribution in [2.24, 2.45) is 0 Å². The first-order valence-electron chi connectivity index (χ1n) is 3.76. The summed E-state index contributed by atoms with van der Waals surface area (Å²) in [6, 6.07) is 4.83. The Morgan fingerprint density at radius 1 is 1.53 bits per heavy atom. The molecule has 7 heteroatoms. The normalized spacial score (nSPS) is 9.07. The molecule has 1 aromatic rings. The van der Waals surface area contributed by atoms with Crippen molar-refractivity contribution in [3.8, 4) is 0 Å². The Morgan fingerprint density at radius 2 is 2.20 bits per heavy atom. The fourth-order valence-corrected chi connectivity index (χ4v) is 0.991. The first kappa shape index (κ1) is 10.6. The lowest BCUT2D eigenvalue weighted by atomic mass is 10.1. The average molecular weight is 207 g/mol. The fourth-order valence-electron chi connectivity index (χ4n) is 0.991. The highest BCUT2D eigenvalue weighted by Gasteiger charge is 2.23. The van der Waals surface area contributed by atoms with Gasteiger partial charge in [-0.2, -0.15) is 4.79 Å². The van der Waals surface area contributed by atoms with Crippen LogP contribution in [0.25, 0.3) is 5.53 Å². The van der Waals surface area contributed by atoms with Gasteiger partial charge in [0.25, 0.3) is 5.69 Å². The van der Waals surface area contributed by atoms with Crippen LogP contribution in [0.4, 0.5) is 5.69 Å².